The summed E-state index contributed by atoms with van der Waals surface area (Å²) in [6.07, 6.45) is 0.187. The second kappa shape index (κ2) is 7.65. The van der Waals surface area contributed by atoms with Crippen LogP contribution in [0.15, 0.2) is 59.6 Å². The van der Waals surface area contributed by atoms with Gasteiger partial charge >= 0.3 is 0 Å². The highest BCUT2D eigenvalue weighted by Gasteiger charge is 2.45. The van der Waals surface area contributed by atoms with Crippen LogP contribution < -0.4 is 0 Å². The van der Waals surface area contributed by atoms with Crippen molar-refractivity contribution < 1.29 is 9.22 Å². The Balaban J connectivity index is 1.99. The number of Topliss-reactive ketones (excluding diaryl/α,β-unsaturated/α-hetero) is 1. The molecule has 3 nitrogen and oxygen atoms in total. The third-order valence-electron chi connectivity index (χ3n) is 6.26. The molecule has 29 heavy (non-hydrogen) atoms. The molecule has 0 spiro atoms. The first kappa shape index (κ1) is 21.7. The van der Waals surface area contributed by atoms with E-state index in [-0.39, 0.29) is 16.9 Å². The van der Waals surface area contributed by atoms with Crippen LogP contribution in [0.1, 0.15) is 68.6 Å². The predicted molar refractivity (Wildman–Crippen MR) is 123 cm³/mol. The fourth-order valence-corrected chi connectivity index (χ4v) is 4.89. The van der Waals surface area contributed by atoms with Crippen molar-refractivity contribution in [3.05, 3.63) is 71.3 Å². The molecule has 0 saturated carbocycles. The Kier molecular flexibility index (Phi) is 5.72. The molecule has 2 aromatic rings. The van der Waals surface area contributed by atoms with Gasteiger partial charge in [0.1, 0.15) is 0 Å². The number of ketones is 1. The molecule has 0 bridgehead atoms. The van der Waals surface area contributed by atoms with Crippen molar-refractivity contribution in [2.24, 2.45) is 4.99 Å². The second-order valence-electron chi connectivity index (χ2n) is 10.0. The molecule has 1 unspecified atom stereocenters. The average Bonchev–Trinajstić information content (AvgIpc) is 2.64. The number of fused-ring (bicyclic) bond motifs is 1. The van der Waals surface area contributed by atoms with Crippen molar-refractivity contribution in [3.8, 4) is 0 Å². The standard InChI is InChI=1S/C25H33NO2Si/c1-24(2,3)29(6,7)28-23-20-16-12-11-15-19(20)21(26-25(23,4)5)17-22(27)18-13-9-8-10-14-18/h8-16,23H,17H2,1-7H3. The second-order valence-corrected chi connectivity index (χ2v) is 14.8. The molecule has 3 rings (SSSR count). The molecule has 4 heteroatoms. The van der Waals surface area contributed by atoms with Gasteiger partial charge in [0, 0.05) is 11.1 Å². The summed E-state index contributed by atoms with van der Waals surface area (Å²) in [7, 11) is -1.99. The molecule has 1 atom stereocenters. The van der Waals surface area contributed by atoms with E-state index in [0.717, 1.165) is 22.4 Å². The lowest BCUT2D eigenvalue weighted by Crippen LogP contribution is -2.47. The Morgan fingerprint density at radius 3 is 2.24 bits per heavy atom. The molecule has 0 fully saturated rings. The normalized spacial score (nSPS) is 18.7. The molecule has 154 valence electrons. The lowest BCUT2D eigenvalue weighted by molar-refractivity contribution is 0.0994. The number of aliphatic imine (C=N–C) groups is 1. The molecule has 2 aromatic carbocycles. The lowest BCUT2D eigenvalue weighted by Gasteiger charge is -2.45. The first-order chi connectivity index (χ1) is 13.4. The van der Waals surface area contributed by atoms with Gasteiger partial charge in [0.05, 0.1) is 23.8 Å². The molecule has 1 heterocycles. The van der Waals surface area contributed by atoms with E-state index in [1.165, 1.54) is 0 Å². The number of benzene rings is 2. The van der Waals surface area contributed by atoms with Gasteiger partial charge in [0.2, 0.25) is 0 Å². The average molecular weight is 408 g/mol. The third-order valence-corrected chi connectivity index (χ3v) is 10.7. The van der Waals surface area contributed by atoms with Crippen molar-refractivity contribution >= 4 is 19.8 Å². The van der Waals surface area contributed by atoms with E-state index in [9.17, 15) is 4.79 Å². The van der Waals surface area contributed by atoms with Gasteiger partial charge in [-0.25, -0.2) is 0 Å². The fourth-order valence-electron chi connectivity index (χ4n) is 3.53. The van der Waals surface area contributed by atoms with Crippen LogP contribution in [0.4, 0.5) is 0 Å². The van der Waals surface area contributed by atoms with Gasteiger partial charge in [-0.3, -0.25) is 9.79 Å². The highest BCUT2D eigenvalue weighted by molar-refractivity contribution is 6.74. The molecular formula is C25H33NO2Si. The Morgan fingerprint density at radius 1 is 1.03 bits per heavy atom. The van der Waals surface area contributed by atoms with Crippen molar-refractivity contribution in [2.75, 3.05) is 0 Å². The summed E-state index contributed by atoms with van der Waals surface area (Å²) in [4.78, 5) is 17.9. The van der Waals surface area contributed by atoms with Crippen molar-refractivity contribution in [3.63, 3.8) is 0 Å². The minimum Gasteiger partial charge on any atom is -0.407 e. The van der Waals surface area contributed by atoms with Crippen molar-refractivity contribution in [2.45, 2.75) is 70.8 Å². The van der Waals surface area contributed by atoms with Crippen LogP contribution >= 0.6 is 0 Å². The zero-order chi connectivity index (χ0) is 21.4. The summed E-state index contributed by atoms with van der Waals surface area (Å²) >= 11 is 0. The van der Waals surface area contributed by atoms with Crippen LogP contribution in [0.2, 0.25) is 18.1 Å². The number of rotatable bonds is 5. The maximum absolute atomic E-state index is 12.9. The van der Waals surface area contributed by atoms with Crippen LogP contribution in [0.5, 0.6) is 0 Å². The van der Waals surface area contributed by atoms with E-state index in [1.54, 1.807) is 0 Å². The first-order valence-electron chi connectivity index (χ1n) is 10.4. The summed E-state index contributed by atoms with van der Waals surface area (Å²) in [5.41, 5.74) is 3.34. The summed E-state index contributed by atoms with van der Waals surface area (Å²) in [5, 5.41) is 0.116. The highest BCUT2D eigenvalue weighted by atomic mass is 28.4. The van der Waals surface area contributed by atoms with Crippen LogP contribution in [0.25, 0.3) is 0 Å². The van der Waals surface area contributed by atoms with E-state index < -0.39 is 13.9 Å². The van der Waals surface area contributed by atoms with E-state index in [4.69, 9.17) is 9.42 Å². The molecule has 0 N–H and O–H groups in total. The summed E-state index contributed by atoms with van der Waals surface area (Å²) in [5.74, 6) is 0.0960. The molecule has 0 radical (unpaired) electrons. The zero-order valence-corrected chi connectivity index (χ0v) is 19.7. The Labute approximate surface area is 176 Å². The van der Waals surface area contributed by atoms with Crippen molar-refractivity contribution in [1.82, 2.24) is 0 Å². The molecule has 1 aliphatic rings. The fraction of sp³-hybridized carbons (Fsp3) is 0.440. The molecule has 0 amide bonds. The smallest absolute Gasteiger partial charge is 0.193 e. The maximum atomic E-state index is 12.9. The molecule has 1 aliphatic heterocycles. The SMILES string of the molecule is CC1(C)N=C(CC(=O)c2ccccc2)c2ccccc2C1O[Si](C)(C)C(C)(C)C. The Hall–Kier alpha value is -2.04. The number of hydrogen-bond donors (Lipinski definition) is 0. The van der Waals surface area contributed by atoms with Gasteiger partial charge in [-0.05, 0) is 37.5 Å². The first-order valence-corrected chi connectivity index (χ1v) is 13.3. The Bertz CT molecular complexity index is 923. The van der Waals surface area contributed by atoms with Crippen LogP contribution in [0, 0.1) is 0 Å². The largest absolute Gasteiger partial charge is 0.407 e. The molecule has 0 aliphatic carbocycles. The minimum absolute atomic E-state index is 0.0960. The van der Waals surface area contributed by atoms with E-state index in [1.807, 2.05) is 36.4 Å². The highest BCUT2D eigenvalue weighted by Crippen LogP contribution is 2.46. The minimum atomic E-state index is -1.99. The number of carbonyl (C=O) groups excluding carboxylic acids is 1. The number of carbonyl (C=O) groups is 1. The van der Waals surface area contributed by atoms with Crippen LogP contribution in [0.3, 0.4) is 0 Å². The monoisotopic (exact) mass is 407 g/mol. The van der Waals surface area contributed by atoms with Gasteiger partial charge in [0.25, 0.3) is 0 Å². The Morgan fingerprint density at radius 2 is 1.62 bits per heavy atom. The maximum Gasteiger partial charge on any atom is 0.193 e. The van der Waals surface area contributed by atoms with Gasteiger partial charge in [0.15, 0.2) is 14.1 Å². The van der Waals surface area contributed by atoms with Gasteiger partial charge in [-0.15, -0.1) is 0 Å². The van der Waals surface area contributed by atoms with Crippen LogP contribution in [-0.2, 0) is 4.43 Å². The number of nitrogens with zero attached hydrogens (tertiary/aromatic N) is 1. The van der Waals surface area contributed by atoms with Crippen molar-refractivity contribution in [1.29, 1.82) is 0 Å². The van der Waals surface area contributed by atoms with E-state index in [0.29, 0.717) is 6.42 Å². The lowest BCUT2D eigenvalue weighted by atomic mass is 9.83. The quantitative estimate of drug-likeness (QED) is 0.413. The third kappa shape index (κ3) is 4.44. The number of hydrogen-bond acceptors (Lipinski definition) is 3. The zero-order valence-electron chi connectivity index (χ0n) is 18.7. The molecule has 0 aromatic heterocycles. The molecule has 0 saturated heterocycles. The predicted octanol–water partition coefficient (Wildman–Crippen LogP) is 6.60. The van der Waals surface area contributed by atoms with Gasteiger partial charge in [-0.1, -0.05) is 75.4 Å². The summed E-state index contributed by atoms with van der Waals surface area (Å²) < 4.78 is 6.87. The van der Waals surface area contributed by atoms with E-state index >= 15 is 0 Å². The van der Waals surface area contributed by atoms with Crippen LogP contribution in [-0.4, -0.2) is 25.4 Å². The van der Waals surface area contributed by atoms with Gasteiger partial charge in [-0.2, -0.15) is 0 Å². The summed E-state index contributed by atoms with van der Waals surface area (Å²) in [6.45, 7) is 15.6. The van der Waals surface area contributed by atoms with E-state index in [2.05, 4.69) is 65.9 Å². The molecular weight excluding hydrogens is 374 g/mol. The van der Waals surface area contributed by atoms with Gasteiger partial charge < -0.3 is 4.43 Å². The summed E-state index contributed by atoms with van der Waals surface area (Å²) in [6, 6.07) is 17.7. The topological polar surface area (TPSA) is 38.7 Å².